The maximum Gasteiger partial charge on any atom is 0.306 e. The Kier molecular flexibility index (Phi) is 40.2. The Hall–Kier alpha value is -6.60. The van der Waals surface area contributed by atoms with E-state index in [0.717, 1.165) is 4.68 Å². The molecule has 7 atom stereocenters. The van der Waals surface area contributed by atoms with Crippen molar-refractivity contribution in [1.82, 2.24) is 40.3 Å². The van der Waals surface area contributed by atoms with Gasteiger partial charge in [0.05, 0.1) is 55.1 Å². The minimum absolute atomic E-state index is 0.0163. The van der Waals surface area contributed by atoms with Gasteiger partial charge in [-0.25, -0.2) is 4.68 Å². The molecule has 1 aromatic heterocycles. The van der Waals surface area contributed by atoms with Gasteiger partial charge in [-0.05, 0) is 78.8 Å². The highest BCUT2D eigenvalue weighted by molar-refractivity contribution is 7.58. The maximum atomic E-state index is 17.2. The van der Waals surface area contributed by atoms with Crippen LogP contribution in [-0.2, 0) is 72.9 Å². The minimum Gasteiger partial charge on any atom is -0.481 e. The summed E-state index contributed by atoms with van der Waals surface area (Å²) >= 11 is 0. The van der Waals surface area contributed by atoms with Gasteiger partial charge in [-0.15, -0.1) is 5.10 Å². The van der Waals surface area contributed by atoms with Crippen LogP contribution in [0.25, 0.3) is 0 Å². The number of aromatic nitrogens is 3. The Balaban J connectivity index is 1.60. The van der Waals surface area contributed by atoms with Gasteiger partial charge in [0.15, 0.2) is 5.78 Å². The second-order valence-corrected chi connectivity index (χ2v) is 42.4. The first-order valence-electron chi connectivity index (χ1n) is 36.6. The molecule has 1 aliphatic heterocycles. The van der Waals surface area contributed by atoms with E-state index in [0.29, 0.717) is 69.4 Å². The lowest BCUT2D eigenvalue weighted by Gasteiger charge is -2.44. The molecule has 0 radical (unpaired) electrons. The van der Waals surface area contributed by atoms with E-state index in [2.05, 4.69) is 20.9 Å². The predicted octanol–water partition coefficient (Wildman–Crippen LogP) is 7.84. The molecule has 1 saturated heterocycles. The number of carboxylic acids is 6. The number of benzene rings is 1. The number of nitrogens with one attached hydrogen (secondary N) is 2. The zero-order chi connectivity index (χ0) is 80.5. The van der Waals surface area contributed by atoms with Crippen LogP contribution in [0.2, 0.25) is 10.1 Å². The summed E-state index contributed by atoms with van der Waals surface area (Å²) in [6.45, 7) is 11.4. The molecule has 1 fully saturated rings. The number of rotatable bonds is 54. The summed E-state index contributed by atoms with van der Waals surface area (Å²) in [6, 6.07) is 4.88. The fourth-order valence-electron chi connectivity index (χ4n) is 13.1. The van der Waals surface area contributed by atoms with Crippen molar-refractivity contribution >= 4 is 106 Å². The number of aliphatic carboxylic acids is 6. The number of amides is 2. The molecule has 2 aromatic rings. The number of carbonyl (C=O) groups is 12. The second kappa shape index (κ2) is 45.5. The first-order valence-corrected chi connectivity index (χ1v) is 44.6. The van der Waals surface area contributed by atoms with E-state index in [9.17, 15) is 101 Å². The zero-order valence-electron chi connectivity index (χ0n) is 62.6. The van der Waals surface area contributed by atoms with E-state index >= 15 is 4.11 Å². The summed E-state index contributed by atoms with van der Waals surface area (Å²) in [5.74, 6) is -13.5. The topological polar surface area (TPSA) is 503 Å². The Morgan fingerprint density at radius 3 is 1.36 bits per heavy atom. The van der Waals surface area contributed by atoms with Gasteiger partial charge in [0.1, 0.15) is 23.4 Å². The van der Waals surface area contributed by atoms with Gasteiger partial charge in [-0.1, -0.05) is 91.0 Å². The lowest BCUT2D eigenvalue weighted by Crippen LogP contribution is -2.57. The largest absolute Gasteiger partial charge is 0.481 e. The third kappa shape index (κ3) is 36.6. The number of ketones is 4. The highest BCUT2D eigenvalue weighted by atomic mass is 31.2. The highest BCUT2D eigenvalue weighted by Crippen LogP contribution is 2.51. The van der Waals surface area contributed by atoms with E-state index in [4.69, 9.17) is 15.3 Å². The van der Waals surface area contributed by atoms with Crippen molar-refractivity contribution in [3.05, 3.63) is 41.7 Å². The summed E-state index contributed by atoms with van der Waals surface area (Å²) in [5.41, 5.74) is 0.369. The lowest BCUT2D eigenvalue weighted by molar-refractivity contribution is -0.146. The van der Waals surface area contributed by atoms with Crippen LogP contribution in [0, 0.1) is 17.8 Å². The number of aryl methyl sites for hydroxylation is 1. The van der Waals surface area contributed by atoms with Crippen LogP contribution in [0.15, 0.2) is 30.5 Å². The van der Waals surface area contributed by atoms with E-state index < -0.39 is 206 Å². The van der Waals surface area contributed by atoms with Crippen LogP contribution in [0.1, 0.15) is 211 Å². The van der Waals surface area contributed by atoms with Gasteiger partial charge in [0.2, 0.25) is 28.0 Å². The molecular formula is C70H114FN8O24P3Si. The van der Waals surface area contributed by atoms with Crippen LogP contribution >= 0.6 is 22.1 Å². The summed E-state index contributed by atoms with van der Waals surface area (Å²) in [5, 5.41) is 69.3. The molecule has 1 aliphatic rings. The Bertz CT molecular complexity index is 3410. The van der Waals surface area contributed by atoms with Crippen LogP contribution in [-0.4, -0.2) is 244 Å². The van der Waals surface area contributed by atoms with E-state index in [1.54, 1.807) is 26.8 Å². The van der Waals surface area contributed by atoms with Crippen LogP contribution in [0.3, 0.4) is 0 Å². The molecule has 0 saturated carbocycles. The molecule has 0 spiro atoms. The molecule has 11 N–H and O–H groups in total. The molecule has 2 amide bonds. The van der Waals surface area contributed by atoms with Crippen LogP contribution in [0.4, 0.5) is 4.11 Å². The van der Waals surface area contributed by atoms with Crippen molar-refractivity contribution in [3.63, 3.8) is 0 Å². The van der Waals surface area contributed by atoms with E-state index in [1.807, 2.05) is 41.5 Å². The first kappa shape index (κ1) is 94.6. The Morgan fingerprint density at radius 1 is 0.495 bits per heavy atom. The SMILES string of the molecule is CC(C)(C)[Si](F)(c1ccc(C(=O)NC[C@@H](C(=O)C[C@H](CCCCCC(=O)CCCCCCC(=O)NCCCC[C@H](CC(=O)C[C@@H](CCC(=O)O)C(=O)O)C(=O)O)C(=O)O)n2cc(CCC(=O)CCP(=O)(O)CN3CCN(CP(=O)(O)CCC(=O)O)CCN(CP(=O)(O)CCC(=O)O)CC3)nn2)cc1)C(C)(C)C. The molecule has 0 bridgehead atoms. The van der Waals surface area contributed by atoms with Gasteiger partial charge >= 0.3 is 35.8 Å². The molecular weight excluding hydrogens is 1480 g/mol. The number of hydrogen-bond donors (Lipinski definition) is 11. The smallest absolute Gasteiger partial charge is 0.306 e. The maximum absolute atomic E-state index is 17.2. The monoisotopic (exact) mass is 1590 g/mol. The lowest BCUT2D eigenvalue weighted by atomic mass is 9.90. The summed E-state index contributed by atoms with van der Waals surface area (Å²) in [6.07, 6.45) is 0.433. The molecule has 32 nitrogen and oxygen atoms in total. The van der Waals surface area contributed by atoms with Crippen molar-refractivity contribution in [1.29, 1.82) is 0 Å². The normalized spacial score (nSPS) is 16.5. The molecule has 1 aromatic carbocycles. The van der Waals surface area contributed by atoms with Gasteiger partial charge < -0.3 is 60.1 Å². The number of halogens is 1. The number of carboxylic acid groups (broad SMARTS) is 6. The number of Topliss-reactive ketones (excluding diaryl/α,β-unsaturated/α-hetero) is 4. The van der Waals surface area contributed by atoms with Crippen LogP contribution < -0.4 is 15.8 Å². The van der Waals surface area contributed by atoms with Gasteiger partial charge in [0.25, 0.3) is 14.3 Å². The van der Waals surface area contributed by atoms with Crippen molar-refractivity contribution in [3.8, 4) is 0 Å². The van der Waals surface area contributed by atoms with Crippen LogP contribution in [0.5, 0.6) is 0 Å². The summed E-state index contributed by atoms with van der Waals surface area (Å²) in [7, 11) is -15.9. The van der Waals surface area contributed by atoms with Crippen molar-refractivity contribution in [2.45, 2.75) is 212 Å². The fourth-order valence-corrected chi connectivity index (χ4v) is 22.6. The van der Waals surface area contributed by atoms with Gasteiger partial charge in [-0.3, -0.25) is 85.9 Å². The quantitative estimate of drug-likeness (QED) is 0.0130. The first-order chi connectivity index (χ1) is 49.8. The predicted molar refractivity (Wildman–Crippen MR) is 396 cm³/mol. The Morgan fingerprint density at radius 2 is 0.907 bits per heavy atom. The standard InChI is InChI=1S/C70H114FN8O24P3Si/c1-69(2,3)107(71,70(4,5)6)58-26-21-50(22-27-58)65(91)73-45-59(60(83)44-52(67(94)95)16-10-9-12-19-55(80)18-11-7-8-13-20-61(84)72-32-15-14-17-51(66(92)93)42-57(82)43-53(68(96)97)23-28-62(85)86)79-46-54(74-75-79)24-25-56(81)29-39-104(98,99)47-76-33-35-77(48-105(100,101)40-30-63(87)88)37-38-78(36-34-76)49-106(102,103)41-31-64(89)90/h21-22,26-27,46,51-53,59H,7-20,23-25,28-45,47-49H2,1-6H3,(H,72,84)(H,73,91)(H,85,86)(H,87,88)(H,89,90)(H,92,93)(H,94,95)(H,96,97)(H,98,99)(H,100,101)(H,102,103)/t51-,52+,53-,59+/m1/s1. The fraction of sp³-hybridized carbons (Fsp3) is 0.714. The molecule has 37 heteroatoms. The second-order valence-electron chi connectivity index (χ2n) is 30.3. The van der Waals surface area contributed by atoms with Crippen molar-refractivity contribution < 1.29 is 121 Å². The van der Waals surface area contributed by atoms with Gasteiger partial charge in [0, 0.05) is 140 Å². The third-order valence-corrected chi connectivity index (χ3v) is 29.7. The van der Waals surface area contributed by atoms with E-state index in [1.165, 1.54) is 18.3 Å². The average molecular weight is 1590 g/mol. The molecule has 3 unspecified atom stereocenters. The van der Waals surface area contributed by atoms with Crippen molar-refractivity contribution in [2.75, 3.05) is 89.7 Å². The van der Waals surface area contributed by atoms with Crippen molar-refractivity contribution in [2.24, 2.45) is 17.8 Å². The Labute approximate surface area is 625 Å². The minimum atomic E-state index is -4.14. The molecule has 2 heterocycles. The molecule has 0 aliphatic carbocycles. The number of carbonyl (C=O) groups excluding carboxylic acids is 6. The number of hydrogen-bond acceptors (Lipinski definition) is 20. The number of nitrogens with zero attached hydrogens (tertiary/aromatic N) is 6. The zero-order valence-corrected chi connectivity index (χ0v) is 66.3. The molecule has 3 rings (SSSR count). The van der Waals surface area contributed by atoms with Gasteiger partial charge in [-0.2, -0.15) is 0 Å². The summed E-state index contributed by atoms with van der Waals surface area (Å²) in [4.78, 5) is 186. The average Bonchev–Trinajstić information content (AvgIpc) is 1.30. The molecule has 107 heavy (non-hydrogen) atoms. The number of unbranched alkanes of at least 4 members (excludes halogenated alkanes) is 6. The highest BCUT2D eigenvalue weighted by Gasteiger charge is 2.56. The van der Waals surface area contributed by atoms with E-state index in [-0.39, 0.29) is 120 Å². The third-order valence-electron chi connectivity index (χ3n) is 19.1. The summed E-state index contributed by atoms with van der Waals surface area (Å²) < 4.78 is 58.2. The molecule has 604 valence electrons.